The summed E-state index contributed by atoms with van der Waals surface area (Å²) in [5, 5.41) is 7.79. The minimum Gasteiger partial charge on any atom is -0.467 e. The van der Waals surface area contributed by atoms with Crippen LogP contribution in [0.25, 0.3) is 11.3 Å². The third-order valence-corrected chi connectivity index (χ3v) is 4.35. The fraction of sp³-hybridized carbons (Fsp3) is 0.273. The molecular formula is C22H25N3O6. The molecule has 1 aromatic heterocycles. The average Bonchev–Trinajstić information content (AvgIpc) is 3.16. The molecule has 31 heavy (non-hydrogen) atoms. The van der Waals surface area contributed by atoms with Crippen molar-refractivity contribution in [2.75, 3.05) is 40.2 Å². The Labute approximate surface area is 180 Å². The zero-order valence-corrected chi connectivity index (χ0v) is 17.9. The number of carbonyl (C=O) groups is 1. The number of aromatic nitrogens is 2. The number of benzene rings is 2. The molecule has 3 aromatic rings. The Hall–Kier alpha value is -3.56. The zero-order chi connectivity index (χ0) is 22.2. The van der Waals surface area contributed by atoms with Gasteiger partial charge < -0.3 is 29.0 Å². The van der Waals surface area contributed by atoms with Crippen LogP contribution in [0, 0.1) is 0 Å². The summed E-state index contributed by atoms with van der Waals surface area (Å²) in [5.74, 6) is 0.770. The average molecular weight is 427 g/mol. The molecule has 9 heteroatoms. The van der Waals surface area contributed by atoms with E-state index in [1.807, 2.05) is 36.4 Å². The van der Waals surface area contributed by atoms with E-state index in [9.17, 15) is 4.79 Å². The molecule has 1 N–H and O–H groups in total. The lowest BCUT2D eigenvalue weighted by Gasteiger charge is -2.17. The molecule has 0 radical (unpaired) electrons. The summed E-state index contributed by atoms with van der Waals surface area (Å²) in [4.78, 5) is 12.6. The molecule has 0 aliphatic rings. The molecule has 0 aliphatic heterocycles. The smallest absolute Gasteiger partial charge is 0.343 e. The Balaban J connectivity index is 2.03. The Morgan fingerprint density at radius 3 is 2.39 bits per heavy atom. The summed E-state index contributed by atoms with van der Waals surface area (Å²) in [5.41, 5.74) is 2.38. The Bertz CT molecular complexity index is 1020. The van der Waals surface area contributed by atoms with Crippen molar-refractivity contribution >= 4 is 17.5 Å². The normalized spacial score (nSPS) is 10.6. The molecule has 9 nitrogen and oxygen atoms in total. The first-order valence-electron chi connectivity index (χ1n) is 9.43. The minimum absolute atomic E-state index is 0.0323. The fourth-order valence-corrected chi connectivity index (χ4v) is 2.92. The number of rotatable bonds is 10. The fourth-order valence-electron chi connectivity index (χ4n) is 2.92. The van der Waals surface area contributed by atoms with Crippen molar-refractivity contribution in [2.24, 2.45) is 7.05 Å². The predicted molar refractivity (Wildman–Crippen MR) is 115 cm³/mol. The van der Waals surface area contributed by atoms with Gasteiger partial charge >= 0.3 is 5.97 Å². The van der Waals surface area contributed by atoms with Gasteiger partial charge in [0.25, 0.3) is 0 Å². The number of carbonyl (C=O) groups excluding carboxylic acids is 1. The molecule has 0 unspecified atom stereocenters. The van der Waals surface area contributed by atoms with Crippen LogP contribution in [0.2, 0.25) is 0 Å². The number of hydrogen-bond acceptors (Lipinski definition) is 8. The van der Waals surface area contributed by atoms with Gasteiger partial charge in [-0.05, 0) is 0 Å². The lowest BCUT2D eigenvalue weighted by molar-refractivity contribution is 0.0436. The van der Waals surface area contributed by atoms with E-state index in [1.165, 1.54) is 21.3 Å². The van der Waals surface area contributed by atoms with Crippen LogP contribution in [0.3, 0.4) is 0 Å². The summed E-state index contributed by atoms with van der Waals surface area (Å²) in [6, 6.07) is 14.9. The second-order valence-electron chi connectivity index (χ2n) is 6.47. The molecule has 0 bridgehead atoms. The highest BCUT2D eigenvalue weighted by Gasteiger charge is 2.22. The van der Waals surface area contributed by atoms with Gasteiger partial charge in [-0.25, -0.2) is 4.79 Å². The van der Waals surface area contributed by atoms with Crippen molar-refractivity contribution in [1.29, 1.82) is 0 Å². The Morgan fingerprint density at radius 2 is 1.71 bits per heavy atom. The van der Waals surface area contributed by atoms with Gasteiger partial charge in [-0.2, -0.15) is 5.10 Å². The topological polar surface area (TPSA) is 93.1 Å². The van der Waals surface area contributed by atoms with Crippen molar-refractivity contribution in [3.8, 4) is 22.8 Å². The van der Waals surface area contributed by atoms with E-state index in [-0.39, 0.29) is 24.9 Å². The molecule has 0 amide bonds. The van der Waals surface area contributed by atoms with Crippen LogP contribution in [0.4, 0.5) is 11.5 Å². The number of nitrogens with one attached hydrogen (secondary N) is 1. The highest BCUT2D eigenvalue weighted by Crippen LogP contribution is 2.36. The maximum Gasteiger partial charge on any atom is 0.343 e. The maximum absolute atomic E-state index is 12.6. The summed E-state index contributed by atoms with van der Waals surface area (Å²) in [6.45, 7) is -0.0222. The number of anilines is 2. The first-order valence-corrected chi connectivity index (χ1v) is 9.43. The summed E-state index contributed by atoms with van der Waals surface area (Å²) >= 11 is 0. The van der Waals surface area contributed by atoms with E-state index in [1.54, 1.807) is 23.9 Å². The van der Waals surface area contributed by atoms with Gasteiger partial charge in [-0.15, -0.1) is 0 Å². The van der Waals surface area contributed by atoms with Crippen LogP contribution in [0.15, 0.2) is 48.5 Å². The van der Waals surface area contributed by atoms with E-state index < -0.39 is 5.97 Å². The predicted octanol–water partition coefficient (Wildman–Crippen LogP) is 3.58. The lowest BCUT2D eigenvalue weighted by atomic mass is 10.1. The number of esters is 1. The molecule has 3 rings (SSSR count). The van der Waals surface area contributed by atoms with Gasteiger partial charge in [-0.1, -0.05) is 30.3 Å². The van der Waals surface area contributed by atoms with Crippen LogP contribution in [-0.2, 0) is 21.3 Å². The Morgan fingerprint density at radius 1 is 1.00 bits per heavy atom. The van der Waals surface area contributed by atoms with Gasteiger partial charge in [0.05, 0.1) is 18.5 Å². The van der Waals surface area contributed by atoms with E-state index in [0.29, 0.717) is 17.3 Å². The number of methoxy groups -OCH3 is 3. The minimum atomic E-state index is -0.572. The monoisotopic (exact) mass is 427 g/mol. The van der Waals surface area contributed by atoms with Crippen LogP contribution >= 0.6 is 0 Å². The van der Waals surface area contributed by atoms with E-state index in [4.69, 9.17) is 23.7 Å². The van der Waals surface area contributed by atoms with Crippen LogP contribution < -0.4 is 14.8 Å². The van der Waals surface area contributed by atoms with Crippen molar-refractivity contribution in [2.45, 2.75) is 0 Å². The van der Waals surface area contributed by atoms with Gasteiger partial charge in [-0.3, -0.25) is 4.68 Å². The number of nitrogens with zero attached hydrogens (tertiary/aromatic N) is 2. The summed E-state index contributed by atoms with van der Waals surface area (Å²) < 4.78 is 27.8. The molecule has 0 saturated heterocycles. The summed E-state index contributed by atoms with van der Waals surface area (Å²) in [6.07, 6.45) is 0. The van der Waals surface area contributed by atoms with E-state index in [2.05, 4.69) is 10.4 Å². The maximum atomic E-state index is 12.6. The largest absolute Gasteiger partial charge is 0.467 e. The molecule has 0 spiro atoms. The van der Waals surface area contributed by atoms with Gasteiger partial charge in [0.1, 0.15) is 22.9 Å². The number of hydrogen-bond donors (Lipinski definition) is 1. The van der Waals surface area contributed by atoms with Gasteiger partial charge in [0.15, 0.2) is 13.6 Å². The molecule has 0 aliphatic carbocycles. The lowest BCUT2D eigenvalue weighted by Crippen LogP contribution is -2.12. The molecule has 1 heterocycles. The third-order valence-electron chi connectivity index (χ3n) is 4.35. The standard InChI is InChI=1S/C22H25N3O6/c1-25-20(12-17(24-25)15-8-6-5-7-9-15)23-18-10-16(30-13-27-2)11-19(31-14-28-3)21(18)22(26)29-4/h5-12,23H,13-14H2,1-4H3. The number of ether oxygens (including phenoxy) is 5. The van der Waals surface area contributed by atoms with Crippen molar-refractivity contribution in [3.05, 3.63) is 54.1 Å². The quantitative estimate of drug-likeness (QED) is 0.388. The van der Waals surface area contributed by atoms with Crippen LogP contribution in [0.5, 0.6) is 11.5 Å². The zero-order valence-electron chi connectivity index (χ0n) is 17.9. The number of aryl methyl sites for hydroxylation is 1. The highest BCUT2D eigenvalue weighted by molar-refractivity contribution is 6.00. The molecular weight excluding hydrogens is 402 g/mol. The second kappa shape index (κ2) is 10.5. The molecule has 0 atom stereocenters. The van der Waals surface area contributed by atoms with E-state index >= 15 is 0 Å². The first kappa shape index (κ1) is 22.1. The molecule has 164 valence electrons. The van der Waals surface area contributed by atoms with Gasteiger partial charge in [0.2, 0.25) is 0 Å². The highest BCUT2D eigenvalue weighted by atomic mass is 16.7. The third kappa shape index (κ3) is 5.33. The van der Waals surface area contributed by atoms with Crippen LogP contribution in [-0.4, -0.2) is 50.7 Å². The molecule has 0 fully saturated rings. The van der Waals surface area contributed by atoms with Gasteiger partial charge in [0, 0.05) is 45.0 Å². The molecule has 2 aromatic carbocycles. The van der Waals surface area contributed by atoms with E-state index in [0.717, 1.165) is 11.3 Å². The Kier molecular flexibility index (Phi) is 7.47. The SMILES string of the molecule is COCOc1cc(Nc2cc(-c3ccccc3)nn2C)c(C(=O)OC)c(OCOC)c1. The van der Waals surface area contributed by atoms with Crippen molar-refractivity contribution < 1.29 is 28.5 Å². The molecule has 0 saturated carbocycles. The second-order valence-corrected chi connectivity index (χ2v) is 6.47. The van der Waals surface area contributed by atoms with Crippen molar-refractivity contribution in [3.63, 3.8) is 0 Å². The van der Waals surface area contributed by atoms with Crippen molar-refractivity contribution in [1.82, 2.24) is 9.78 Å². The first-order chi connectivity index (χ1) is 15.1. The summed E-state index contributed by atoms with van der Waals surface area (Å²) in [7, 11) is 6.12. The van der Waals surface area contributed by atoms with Crippen LogP contribution in [0.1, 0.15) is 10.4 Å².